The first-order chi connectivity index (χ1) is 11.3. The van der Waals surface area contributed by atoms with Gasteiger partial charge >= 0.3 is 7.12 Å². The molecule has 0 bridgehead atoms. The third kappa shape index (κ3) is 3.68. The number of nitrogens with zero attached hydrogens (tertiary/aromatic N) is 1. The molecule has 132 valence electrons. The van der Waals surface area contributed by atoms with Crippen molar-refractivity contribution in [3.63, 3.8) is 0 Å². The third-order valence-electron chi connectivity index (χ3n) is 5.39. The van der Waals surface area contributed by atoms with Gasteiger partial charge in [-0.15, -0.1) is 0 Å². The van der Waals surface area contributed by atoms with Gasteiger partial charge in [-0.25, -0.2) is 4.31 Å². The first-order valence-electron chi connectivity index (χ1n) is 8.73. The Labute approximate surface area is 150 Å². The van der Waals surface area contributed by atoms with Crippen molar-refractivity contribution in [2.24, 2.45) is 0 Å². The molecule has 2 aliphatic rings. The summed E-state index contributed by atoms with van der Waals surface area (Å²) in [7, 11) is 1.50. The van der Waals surface area contributed by atoms with E-state index in [-0.39, 0.29) is 18.3 Å². The molecule has 24 heavy (non-hydrogen) atoms. The van der Waals surface area contributed by atoms with Crippen molar-refractivity contribution in [2.75, 3.05) is 20.2 Å². The summed E-state index contributed by atoms with van der Waals surface area (Å²) < 4.78 is 20.4. The minimum Gasteiger partial charge on any atom is -0.399 e. The van der Waals surface area contributed by atoms with Crippen molar-refractivity contribution in [3.8, 4) is 0 Å². The van der Waals surface area contributed by atoms with Crippen molar-refractivity contribution in [2.45, 2.75) is 62.7 Å². The minimum absolute atomic E-state index is 0.310. The van der Waals surface area contributed by atoms with Gasteiger partial charge in [0.15, 0.2) is 0 Å². The van der Waals surface area contributed by atoms with E-state index in [1.807, 2.05) is 11.9 Å². The second kappa shape index (κ2) is 7.00. The van der Waals surface area contributed by atoms with E-state index in [0.717, 1.165) is 31.4 Å². The zero-order valence-corrected chi connectivity index (χ0v) is 16.2. The Morgan fingerprint density at radius 1 is 1.08 bits per heavy atom. The van der Waals surface area contributed by atoms with E-state index in [4.69, 9.17) is 14.0 Å². The zero-order chi connectivity index (χ0) is 17.4. The van der Waals surface area contributed by atoms with Crippen LogP contribution in [0.2, 0.25) is 0 Å². The molecule has 0 N–H and O–H groups in total. The SMILES string of the molecule is COC1CCN(Sc2ccccc2B2OC(C)(C)C(C)(C)O2)CC1. The molecule has 2 fully saturated rings. The summed E-state index contributed by atoms with van der Waals surface area (Å²) in [6.45, 7) is 10.5. The maximum absolute atomic E-state index is 6.24. The number of benzene rings is 1. The predicted molar refractivity (Wildman–Crippen MR) is 99.6 cm³/mol. The molecule has 0 saturated carbocycles. The Kier molecular flexibility index (Phi) is 5.33. The number of piperidine rings is 1. The summed E-state index contributed by atoms with van der Waals surface area (Å²) >= 11 is 1.81. The van der Waals surface area contributed by atoms with E-state index in [0.29, 0.717) is 6.10 Å². The normalized spacial score (nSPS) is 24.5. The Hall–Kier alpha value is -0.525. The van der Waals surface area contributed by atoms with Crippen LogP contribution in [-0.4, -0.2) is 48.9 Å². The Morgan fingerprint density at radius 2 is 1.67 bits per heavy atom. The van der Waals surface area contributed by atoms with Gasteiger partial charge in [0.25, 0.3) is 0 Å². The number of ether oxygens (including phenoxy) is 1. The van der Waals surface area contributed by atoms with E-state index in [2.05, 4.69) is 56.3 Å². The highest BCUT2D eigenvalue weighted by atomic mass is 32.2. The van der Waals surface area contributed by atoms with Crippen LogP contribution >= 0.6 is 11.9 Å². The van der Waals surface area contributed by atoms with Gasteiger partial charge in [-0.3, -0.25) is 0 Å². The van der Waals surface area contributed by atoms with Crippen LogP contribution < -0.4 is 5.46 Å². The highest BCUT2D eigenvalue weighted by Crippen LogP contribution is 2.37. The Bertz CT molecular complexity index is 557. The van der Waals surface area contributed by atoms with Gasteiger partial charge in [-0.05, 0) is 64.0 Å². The number of methoxy groups -OCH3 is 1. The molecule has 0 amide bonds. The molecular formula is C18H28BNO3S. The first kappa shape index (κ1) is 18.3. The molecule has 3 rings (SSSR count). The molecule has 1 aromatic rings. The van der Waals surface area contributed by atoms with Crippen molar-refractivity contribution in [1.82, 2.24) is 4.31 Å². The third-order valence-corrected chi connectivity index (χ3v) is 6.58. The van der Waals surface area contributed by atoms with Crippen LogP contribution in [0.1, 0.15) is 40.5 Å². The zero-order valence-electron chi connectivity index (χ0n) is 15.4. The summed E-state index contributed by atoms with van der Waals surface area (Å²) in [6.07, 6.45) is 2.57. The lowest BCUT2D eigenvalue weighted by molar-refractivity contribution is 0.00578. The Balaban J connectivity index is 1.73. The fourth-order valence-electron chi connectivity index (χ4n) is 3.03. The molecular weight excluding hydrogens is 321 g/mol. The lowest BCUT2D eigenvalue weighted by Crippen LogP contribution is -2.41. The van der Waals surface area contributed by atoms with Crippen molar-refractivity contribution in [3.05, 3.63) is 24.3 Å². The quantitative estimate of drug-likeness (QED) is 0.616. The molecule has 6 heteroatoms. The summed E-state index contributed by atoms with van der Waals surface area (Å²) in [5, 5.41) is 0. The fourth-order valence-corrected chi connectivity index (χ4v) is 4.11. The summed E-state index contributed by atoms with van der Waals surface area (Å²) in [5.74, 6) is 0. The average Bonchev–Trinajstić information content (AvgIpc) is 2.76. The maximum Gasteiger partial charge on any atom is 0.496 e. The molecule has 1 aromatic carbocycles. The largest absolute Gasteiger partial charge is 0.496 e. The summed E-state index contributed by atoms with van der Waals surface area (Å²) in [4.78, 5) is 1.21. The van der Waals surface area contributed by atoms with Gasteiger partial charge in [0.1, 0.15) is 0 Å². The van der Waals surface area contributed by atoms with Crippen LogP contribution in [0.4, 0.5) is 0 Å². The van der Waals surface area contributed by atoms with Crippen LogP contribution in [-0.2, 0) is 14.0 Å². The lowest BCUT2D eigenvalue weighted by atomic mass is 9.79. The topological polar surface area (TPSA) is 30.9 Å². The van der Waals surface area contributed by atoms with E-state index in [1.54, 1.807) is 7.11 Å². The van der Waals surface area contributed by atoms with Crippen LogP contribution in [0, 0.1) is 0 Å². The second-order valence-corrected chi connectivity index (χ2v) is 8.72. The first-order valence-corrected chi connectivity index (χ1v) is 9.50. The monoisotopic (exact) mass is 349 g/mol. The highest BCUT2D eigenvalue weighted by molar-refractivity contribution is 7.97. The van der Waals surface area contributed by atoms with E-state index < -0.39 is 0 Å². The standard InChI is InChI=1S/C18H28BNO3S/c1-17(2)18(3,4)23-19(22-17)15-8-6-7-9-16(15)24-20-12-10-14(21-5)11-13-20/h6-9,14H,10-13H2,1-5H3. The molecule has 4 nitrogen and oxygen atoms in total. The van der Waals surface area contributed by atoms with Gasteiger partial charge in [-0.1, -0.05) is 18.2 Å². The van der Waals surface area contributed by atoms with E-state index >= 15 is 0 Å². The van der Waals surface area contributed by atoms with Crippen molar-refractivity contribution < 1.29 is 14.0 Å². The lowest BCUT2D eigenvalue weighted by Gasteiger charge is -2.32. The number of rotatable bonds is 4. The molecule has 0 radical (unpaired) electrons. The second-order valence-electron chi connectivity index (χ2n) is 7.58. The minimum atomic E-state index is -0.313. The van der Waals surface area contributed by atoms with Gasteiger partial charge in [0, 0.05) is 25.1 Å². The van der Waals surface area contributed by atoms with Crippen LogP contribution in [0.3, 0.4) is 0 Å². The average molecular weight is 349 g/mol. The highest BCUT2D eigenvalue weighted by Gasteiger charge is 2.52. The molecule has 2 aliphatic heterocycles. The van der Waals surface area contributed by atoms with Gasteiger partial charge in [0.2, 0.25) is 0 Å². The van der Waals surface area contributed by atoms with E-state index in [1.165, 1.54) is 4.90 Å². The van der Waals surface area contributed by atoms with Crippen LogP contribution in [0.15, 0.2) is 29.2 Å². The number of hydrogen-bond acceptors (Lipinski definition) is 5. The maximum atomic E-state index is 6.24. The predicted octanol–water partition coefficient (Wildman–Crippen LogP) is 3.10. The van der Waals surface area contributed by atoms with Gasteiger partial charge in [0.05, 0.1) is 17.3 Å². The van der Waals surface area contributed by atoms with Gasteiger partial charge in [-0.2, -0.15) is 0 Å². The van der Waals surface area contributed by atoms with Crippen molar-refractivity contribution in [1.29, 1.82) is 0 Å². The molecule has 0 aliphatic carbocycles. The van der Waals surface area contributed by atoms with Gasteiger partial charge < -0.3 is 14.0 Å². The number of hydrogen-bond donors (Lipinski definition) is 0. The molecule has 0 unspecified atom stereocenters. The fraction of sp³-hybridized carbons (Fsp3) is 0.667. The molecule has 2 saturated heterocycles. The molecule has 0 atom stereocenters. The summed E-state index contributed by atoms with van der Waals surface area (Å²) in [6, 6.07) is 8.42. The molecule has 0 spiro atoms. The Morgan fingerprint density at radius 3 is 2.25 bits per heavy atom. The molecule has 0 aromatic heterocycles. The van der Waals surface area contributed by atoms with E-state index in [9.17, 15) is 0 Å². The smallest absolute Gasteiger partial charge is 0.399 e. The van der Waals surface area contributed by atoms with Crippen molar-refractivity contribution >= 4 is 24.5 Å². The summed E-state index contributed by atoms with van der Waals surface area (Å²) in [5.41, 5.74) is 0.494. The van der Waals surface area contributed by atoms with Crippen LogP contribution in [0.25, 0.3) is 0 Å². The molecule has 2 heterocycles. The van der Waals surface area contributed by atoms with Crippen LogP contribution in [0.5, 0.6) is 0 Å².